The number of nitrogens with zero attached hydrogens (tertiary/aromatic N) is 2. The van der Waals surface area contributed by atoms with Crippen LogP contribution in [0.2, 0.25) is 0 Å². The summed E-state index contributed by atoms with van der Waals surface area (Å²) in [6.45, 7) is 0. The van der Waals surface area contributed by atoms with Crippen LogP contribution in [0.5, 0.6) is 0 Å². The molecular formula is C44H30N3O+. The standard InChI is InChI=1S/C44H29N3O/c1-3-13-29(14-4-1)31-17-11-18-32(27-31)34-21-12-22-38-35-19-7-9-23-39(35)46(42(34)38)47-43(30-15-5-2-6-16-30)45-44(47)33-25-26-37-36-20-8-10-24-40(36)48-41(37)28-33/h1-28,43H/p+1. The Balaban J connectivity index is 1.26. The van der Waals surface area contributed by atoms with Gasteiger partial charge in [0, 0.05) is 32.7 Å². The van der Waals surface area contributed by atoms with Crippen molar-refractivity contribution in [1.82, 2.24) is 9.99 Å². The fourth-order valence-corrected chi connectivity index (χ4v) is 7.43. The molecule has 0 amide bonds. The first-order valence-corrected chi connectivity index (χ1v) is 16.4. The minimum atomic E-state index is -0.0738. The molecule has 0 fully saturated rings. The highest BCUT2D eigenvalue weighted by molar-refractivity contribution is 6.13. The number of fused-ring (bicyclic) bond motifs is 6. The fourth-order valence-electron chi connectivity index (χ4n) is 7.43. The van der Waals surface area contributed by atoms with Crippen LogP contribution in [0.15, 0.2) is 174 Å². The van der Waals surface area contributed by atoms with Crippen molar-refractivity contribution in [1.29, 1.82) is 0 Å². The number of aromatic nitrogens is 1. The highest BCUT2D eigenvalue weighted by atomic mass is 16.3. The van der Waals surface area contributed by atoms with Gasteiger partial charge in [0.1, 0.15) is 11.2 Å². The van der Waals surface area contributed by atoms with Crippen LogP contribution in [-0.2, 0) is 0 Å². The first-order valence-electron chi connectivity index (χ1n) is 16.4. The van der Waals surface area contributed by atoms with Gasteiger partial charge in [-0.2, -0.15) is 4.68 Å². The van der Waals surface area contributed by atoms with Gasteiger partial charge in [-0.05, 0) is 53.1 Å². The van der Waals surface area contributed by atoms with Gasteiger partial charge in [0.2, 0.25) is 0 Å². The molecule has 4 heteroatoms. The van der Waals surface area contributed by atoms with Gasteiger partial charge < -0.3 is 4.42 Å². The summed E-state index contributed by atoms with van der Waals surface area (Å²) in [5.41, 5.74) is 11.2. The van der Waals surface area contributed by atoms with E-state index < -0.39 is 0 Å². The van der Waals surface area contributed by atoms with Gasteiger partial charge in [-0.3, -0.25) is 0 Å². The molecule has 1 aliphatic rings. The number of furan rings is 1. The average molecular weight is 617 g/mol. The molecule has 0 radical (unpaired) electrons. The molecule has 0 saturated carbocycles. The molecule has 1 N–H and O–H groups in total. The number of rotatable bonds is 5. The van der Waals surface area contributed by atoms with E-state index in [2.05, 4.69) is 172 Å². The molecule has 0 bridgehead atoms. The quantitative estimate of drug-likeness (QED) is 0.195. The fraction of sp³-hybridized carbons (Fsp3) is 0.0227. The van der Waals surface area contributed by atoms with Gasteiger partial charge in [-0.1, -0.05) is 133 Å². The van der Waals surface area contributed by atoms with E-state index >= 15 is 0 Å². The Hall–Kier alpha value is -6.39. The van der Waals surface area contributed by atoms with Crippen molar-refractivity contribution in [3.05, 3.63) is 181 Å². The zero-order valence-electron chi connectivity index (χ0n) is 26.0. The highest BCUT2D eigenvalue weighted by Gasteiger charge is 2.43. The Morgan fingerprint density at radius 3 is 2.02 bits per heavy atom. The van der Waals surface area contributed by atoms with Crippen molar-refractivity contribution in [3.63, 3.8) is 0 Å². The maximum atomic E-state index is 6.35. The van der Waals surface area contributed by atoms with E-state index in [-0.39, 0.29) is 6.17 Å². The molecule has 7 aromatic carbocycles. The third kappa shape index (κ3) is 4.06. The Morgan fingerprint density at radius 2 is 1.15 bits per heavy atom. The minimum Gasteiger partial charge on any atom is -0.456 e. The molecular weight excluding hydrogens is 587 g/mol. The molecule has 0 aliphatic carbocycles. The van der Waals surface area contributed by atoms with Crippen LogP contribution in [0.1, 0.15) is 17.3 Å². The zero-order chi connectivity index (χ0) is 31.6. The number of benzene rings is 7. The Morgan fingerprint density at radius 1 is 0.479 bits per heavy atom. The molecule has 1 unspecified atom stereocenters. The summed E-state index contributed by atoms with van der Waals surface area (Å²) in [6.07, 6.45) is -0.0738. The molecule has 1 aliphatic heterocycles. The minimum absolute atomic E-state index is 0.0738. The van der Waals surface area contributed by atoms with Crippen molar-refractivity contribution in [3.8, 4) is 22.3 Å². The van der Waals surface area contributed by atoms with E-state index in [9.17, 15) is 0 Å². The number of amidine groups is 1. The summed E-state index contributed by atoms with van der Waals surface area (Å²) in [7, 11) is 0. The van der Waals surface area contributed by atoms with E-state index in [1.807, 2.05) is 12.1 Å². The lowest BCUT2D eigenvalue weighted by Crippen LogP contribution is -2.55. The Kier molecular flexibility index (Phi) is 5.90. The van der Waals surface area contributed by atoms with Crippen molar-refractivity contribution in [2.24, 2.45) is 0 Å². The molecule has 0 spiro atoms. The number of para-hydroxylation sites is 3. The van der Waals surface area contributed by atoms with Crippen LogP contribution in [0.3, 0.4) is 0 Å². The summed E-state index contributed by atoms with van der Waals surface area (Å²) in [5.74, 6) is 1.03. The van der Waals surface area contributed by atoms with Crippen molar-refractivity contribution in [2.45, 2.75) is 6.17 Å². The van der Waals surface area contributed by atoms with Gasteiger partial charge in [0.05, 0.1) is 16.6 Å². The van der Waals surface area contributed by atoms with Gasteiger partial charge in [0.15, 0.2) is 0 Å². The molecule has 2 aromatic heterocycles. The van der Waals surface area contributed by atoms with Crippen molar-refractivity contribution >= 4 is 49.6 Å². The lowest BCUT2D eigenvalue weighted by atomic mass is 9.97. The van der Waals surface area contributed by atoms with Crippen LogP contribution in [0.25, 0.3) is 66.0 Å². The second-order valence-electron chi connectivity index (χ2n) is 12.4. The first-order chi connectivity index (χ1) is 23.8. The molecule has 9 aromatic rings. The van der Waals surface area contributed by atoms with Gasteiger partial charge >= 0.3 is 5.84 Å². The summed E-state index contributed by atoms with van der Waals surface area (Å²) >= 11 is 0. The molecule has 48 heavy (non-hydrogen) atoms. The Bertz CT molecular complexity index is 2700. The Labute approximate surface area is 277 Å². The second kappa shape index (κ2) is 10.6. The maximum Gasteiger partial charge on any atom is 0.309 e. The zero-order valence-corrected chi connectivity index (χ0v) is 26.0. The number of nitrogens with one attached hydrogen (secondary N) is 1. The van der Waals surface area contributed by atoms with E-state index in [1.54, 1.807) is 0 Å². The van der Waals surface area contributed by atoms with Crippen molar-refractivity contribution < 1.29 is 9.10 Å². The molecule has 10 rings (SSSR count). The molecule has 4 nitrogen and oxygen atoms in total. The van der Waals surface area contributed by atoms with Crippen molar-refractivity contribution in [2.75, 3.05) is 0 Å². The average Bonchev–Trinajstić information content (AvgIpc) is 3.68. The lowest BCUT2D eigenvalue weighted by molar-refractivity contribution is -0.652. The normalized spacial score (nSPS) is 14.5. The molecule has 3 heterocycles. The predicted octanol–water partition coefficient (Wildman–Crippen LogP) is 10.6. The molecule has 1 atom stereocenters. The third-order valence-corrected chi connectivity index (χ3v) is 9.68. The molecule has 0 saturated heterocycles. The summed E-state index contributed by atoms with van der Waals surface area (Å²) in [4.78, 5) is 0. The summed E-state index contributed by atoms with van der Waals surface area (Å²) < 4.78 is 11.2. The van der Waals surface area contributed by atoms with Crippen LogP contribution >= 0.6 is 0 Å². The van der Waals surface area contributed by atoms with Crippen LogP contribution in [-0.4, -0.2) is 15.2 Å². The molecule has 226 valence electrons. The maximum absolute atomic E-state index is 6.35. The van der Waals surface area contributed by atoms with Crippen LogP contribution < -0.4 is 5.32 Å². The van der Waals surface area contributed by atoms with E-state index in [4.69, 9.17) is 4.42 Å². The number of hydrogen-bond acceptors (Lipinski definition) is 2. The monoisotopic (exact) mass is 616 g/mol. The predicted molar refractivity (Wildman–Crippen MR) is 196 cm³/mol. The summed E-state index contributed by atoms with van der Waals surface area (Å²) in [5, 5.41) is 8.55. The highest BCUT2D eigenvalue weighted by Crippen LogP contribution is 2.40. The topological polar surface area (TPSA) is 33.1 Å². The van der Waals surface area contributed by atoms with E-state index in [0.29, 0.717) is 0 Å². The first kappa shape index (κ1) is 26.8. The van der Waals surface area contributed by atoms with Crippen LogP contribution in [0, 0.1) is 0 Å². The number of hydrogen-bond donors (Lipinski definition) is 1. The second-order valence-corrected chi connectivity index (χ2v) is 12.4. The smallest absolute Gasteiger partial charge is 0.309 e. The largest absolute Gasteiger partial charge is 0.456 e. The summed E-state index contributed by atoms with van der Waals surface area (Å²) in [6, 6.07) is 60.5. The van der Waals surface area contributed by atoms with Crippen LogP contribution in [0.4, 0.5) is 0 Å². The van der Waals surface area contributed by atoms with Gasteiger partial charge in [-0.25, -0.2) is 5.32 Å². The van der Waals surface area contributed by atoms with Gasteiger partial charge in [-0.15, -0.1) is 4.68 Å². The SMILES string of the molecule is c1ccc(-c2cccc(-c3cccc4c5ccccc5n([N+]5=C(c6ccc7c(c6)oc6ccccc67)NC5c5ccccc5)c34)c2)cc1. The third-order valence-electron chi connectivity index (χ3n) is 9.68. The van der Waals surface area contributed by atoms with E-state index in [0.717, 1.165) is 38.9 Å². The van der Waals surface area contributed by atoms with E-state index in [1.165, 1.54) is 44.1 Å². The lowest BCUT2D eigenvalue weighted by Gasteiger charge is -2.30. The van der Waals surface area contributed by atoms with Gasteiger partial charge in [0.25, 0.3) is 6.17 Å².